The van der Waals surface area contributed by atoms with Gasteiger partial charge in [0.25, 0.3) is 0 Å². The summed E-state index contributed by atoms with van der Waals surface area (Å²) in [6, 6.07) is 5.54. The van der Waals surface area contributed by atoms with E-state index in [0.29, 0.717) is 23.4 Å². The number of aliphatic hydroxyl groups excluding tert-OH is 2. The molecule has 0 aliphatic carbocycles. The summed E-state index contributed by atoms with van der Waals surface area (Å²) in [5.41, 5.74) is 7.92. The molecule has 4 nitrogen and oxygen atoms in total. The van der Waals surface area contributed by atoms with Crippen LogP contribution in [0.15, 0.2) is 18.2 Å². The van der Waals surface area contributed by atoms with Gasteiger partial charge in [-0.15, -0.1) is 0 Å². The van der Waals surface area contributed by atoms with E-state index in [0.717, 1.165) is 17.3 Å². The molecule has 1 aromatic carbocycles. The van der Waals surface area contributed by atoms with Gasteiger partial charge in [0, 0.05) is 23.9 Å². The predicted octanol–water partition coefficient (Wildman–Crippen LogP) is 2.63. The molecule has 4 N–H and O–H groups in total. The van der Waals surface area contributed by atoms with E-state index < -0.39 is 12.2 Å². The summed E-state index contributed by atoms with van der Waals surface area (Å²) in [4.78, 5) is 10.9. The van der Waals surface area contributed by atoms with Gasteiger partial charge < -0.3 is 15.9 Å². The summed E-state index contributed by atoms with van der Waals surface area (Å²) in [5.74, 6) is 0.479. The number of thioether (sulfide) groups is 1. The number of hydrogen-bond acceptors (Lipinski definition) is 5. The Labute approximate surface area is 130 Å². The summed E-state index contributed by atoms with van der Waals surface area (Å²) >= 11 is 1.14. The van der Waals surface area contributed by atoms with Crippen molar-refractivity contribution in [3.63, 3.8) is 0 Å². The van der Waals surface area contributed by atoms with E-state index in [9.17, 15) is 15.0 Å². The maximum atomic E-state index is 10.9. The summed E-state index contributed by atoms with van der Waals surface area (Å²) in [6.45, 7) is 7.72. The second-order valence-electron chi connectivity index (χ2n) is 6.23. The van der Waals surface area contributed by atoms with Crippen LogP contribution in [0.2, 0.25) is 0 Å². The highest BCUT2D eigenvalue weighted by atomic mass is 32.2. The Morgan fingerprint density at radius 1 is 1.33 bits per heavy atom. The second-order valence-corrected chi connectivity index (χ2v) is 7.51. The van der Waals surface area contributed by atoms with E-state index in [-0.39, 0.29) is 10.5 Å². The van der Waals surface area contributed by atoms with Crippen LogP contribution in [0.5, 0.6) is 0 Å². The first-order chi connectivity index (χ1) is 9.62. The van der Waals surface area contributed by atoms with Crippen molar-refractivity contribution in [2.45, 2.75) is 51.7 Å². The highest BCUT2D eigenvalue weighted by Gasteiger charge is 2.23. The van der Waals surface area contributed by atoms with Crippen LogP contribution >= 0.6 is 11.8 Å². The SMILES string of the molecule is CC(=O)SCCC(O)C(O)c1cc(C(C)(C)C)ccc1N. The normalized spacial score (nSPS) is 14.8. The Hall–Kier alpha value is -1.04. The molecule has 0 heterocycles. The number of anilines is 1. The lowest BCUT2D eigenvalue weighted by Crippen LogP contribution is -2.21. The maximum Gasteiger partial charge on any atom is 0.185 e. The molecular formula is C16H25NO3S. The fourth-order valence-electron chi connectivity index (χ4n) is 1.99. The Bertz CT molecular complexity index is 497. The minimum atomic E-state index is -1.04. The van der Waals surface area contributed by atoms with Crippen LogP contribution in [-0.4, -0.2) is 27.2 Å². The highest BCUT2D eigenvalue weighted by molar-refractivity contribution is 8.13. The fraction of sp³-hybridized carbons (Fsp3) is 0.562. The van der Waals surface area contributed by atoms with Crippen molar-refractivity contribution in [1.29, 1.82) is 0 Å². The van der Waals surface area contributed by atoms with Crippen molar-refractivity contribution >= 4 is 22.6 Å². The van der Waals surface area contributed by atoms with Crippen molar-refractivity contribution in [2.24, 2.45) is 0 Å². The average Bonchev–Trinajstić information content (AvgIpc) is 2.36. The third-order valence-corrected chi connectivity index (χ3v) is 4.20. The van der Waals surface area contributed by atoms with Crippen LogP contribution < -0.4 is 5.73 Å². The molecule has 0 aliphatic rings. The van der Waals surface area contributed by atoms with E-state index in [1.165, 1.54) is 6.92 Å². The number of nitrogens with two attached hydrogens (primary N) is 1. The Balaban J connectivity index is 2.85. The van der Waals surface area contributed by atoms with Crippen LogP contribution in [-0.2, 0) is 10.2 Å². The molecule has 1 rings (SSSR count). The lowest BCUT2D eigenvalue weighted by Gasteiger charge is -2.24. The monoisotopic (exact) mass is 311 g/mol. The number of aliphatic hydroxyl groups is 2. The van der Waals surface area contributed by atoms with Crippen molar-refractivity contribution in [1.82, 2.24) is 0 Å². The van der Waals surface area contributed by atoms with E-state index in [1.54, 1.807) is 6.07 Å². The average molecular weight is 311 g/mol. The summed E-state index contributed by atoms with van der Waals surface area (Å²) in [6.07, 6.45) is -1.64. The van der Waals surface area contributed by atoms with Gasteiger partial charge in [-0.2, -0.15) is 0 Å². The molecule has 0 saturated carbocycles. The summed E-state index contributed by atoms with van der Waals surface area (Å²) in [5, 5.41) is 20.4. The number of carbonyl (C=O) groups excluding carboxylic acids is 1. The van der Waals surface area contributed by atoms with Gasteiger partial charge in [-0.3, -0.25) is 4.79 Å². The third kappa shape index (κ3) is 5.34. The van der Waals surface area contributed by atoms with Crippen LogP contribution in [0.25, 0.3) is 0 Å². The van der Waals surface area contributed by atoms with Gasteiger partial charge in [-0.05, 0) is 23.5 Å². The zero-order valence-electron chi connectivity index (χ0n) is 13.1. The van der Waals surface area contributed by atoms with Crippen molar-refractivity contribution < 1.29 is 15.0 Å². The highest BCUT2D eigenvalue weighted by Crippen LogP contribution is 2.31. The largest absolute Gasteiger partial charge is 0.398 e. The van der Waals surface area contributed by atoms with Gasteiger partial charge >= 0.3 is 0 Å². The van der Waals surface area contributed by atoms with Gasteiger partial charge in [0.1, 0.15) is 6.10 Å². The smallest absolute Gasteiger partial charge is 0.185 e. The molecular weight excluding hydrogens is 286 g/mol. The minimum absolute atomic E-state index is 0.00549. The van der Waals surface area contributed by atoms with Gasteiger partial charge in [0.2, 0.25) is 0 Å². The van der Waals surface area contributed by atoms with Crippen molar-refractivity contribution in [2.75, 3.05) is 11.5 Å². The lowest BCUT2D eigenvalue weighted by molar-refractivity contribution is -0.109. The fourth-order valence-corrected chi connectivity index (χ4v) is 2.63. The molecule has 0 aliphatic heterocycles. The molecule has 0 spiro atoms. The molecule has 2 atom stereocenters. The van der Waals surface area contributed by atoms with Gasteiger partial charge in [0.15, 0.2) is 5.12 Å². The van der Waals surface area contributed by atoms with Crippen molar-refractivity contribution in [3.8, 4) is 0 Å². The number of carbonyl (C=O) groups is 1. The Morgan fingerprint density at radius 2 is 1.95 bits per heavy atom. The van der Waals surface area contributed by atoms with Crippen LogP contribution in [0, 0.1) is 0 Å². The number of benzene rings is 1. The second kappa shape index (κ2) is 7.29. The molecule has 21 heavy (non-hydrogen) atoms. The Morgan fingerprint density at radius 3 is 2.48 bits per heavy atom. The van der Waals surface area contributed by atoms with Gasteiger partial charge in [-0.25, -0.2) is 0 Å². The molecule has 5 heteroatoms. The standard InChI is InChI=1S/C16H25NO3S/c1-10(18)21-8-7-14(19)15(20)12-9-11(16(2,3)4)5-6-13(12)17/h5-6,9,14-15,19-20H,7-8,17H2,1-4H3. The molecule has 2 unspecified atom stereocenters. The zero-order chi connectivity index (χ0) is 16.2. The van der Waals surface area contributed by atoms with E-state index in [4.69, 9.17) is 5.73 Å². The molecule has 0 radical (unpaired) electrons. The van der Waals surface area contributed by atoms with Crippen LogP contribution in [0.3, 0.4) is 0 Å². The van der Waals surface area contributed by atoms with Crippen LogP contribution in [0.1, 0.15) is 51.3 Å². The number of rotatable bonds is 5. The number of nitrogen functional groups attached to an aromatic ring is 1. The number of hydrogen-bond donors (Lipinski definition) is 3. The summed E-state index contributed by atoms with van der Waals surface area (Å²) < 4.78 is 0. The van der Waals surface area contributed by atoms with Crippen LogP contribution in [0.4, 0.5) is 5.69 Å². The molecule has 0 bridgehead atoms. The molecule has 0 fully saturated rings. The first kappa shape index (κ1) is 18.0. The quantitative estimate of drug-likeness (QED) is 0.728. The Kier molecular flexibility index (Phi) is 6.25. The predicted molar refractivity (Wildman–Crippen MR) is 88.3 cm³/mol. The topological polar surface area (TPSA) is 83.5 Å². The van der Waals surface area contributed by atoms with Crippen molar-refractivity contribution in [3.05, 3.63) is 29.3 Å². The molecule has 0 saturated heterocycles. The van der Waals surface area contributed by atoms with Gasteiger partial charge in [0.05, 0.1) is 6.10 Å². The van der Waals surface area contributed by atoms with Gasteiger partial charge in [-0.1, -0.05) is 44.7 Å². The lowest BCUT2D eigenvalue weighted by atomic mass is 9.84. The first-order valence-electron chi connectivity index (χ1n) is 7.02. The molecule has 0 aromatic heterocycles. The molecule has 0 amide bonds. The molecule has 118 valence electrons. The third-order valence-electron chi connectivity index (χ3n) is 3.35. The van der Waals surface area contributed by atoms with E-state index in [1.807, 2.05) is 12.1 Å². The minimum Gasteiger partial charge on any atom is -0.398 e. The summed E-state index contributed by atoms with van der Waals surface area (Å²) in [7, 11) is 0. The zero-order valence-corrected chi connectivity index (χ0v) is 13.9. The first-order valence-corrected chi connectivity index (χ1v) is 8.01. The van der Waals surface area contributed by atoms with E-state index in [2.05, 4.69) is 20.8 Å². The maximum absolute atomic E-state index is 10.9. The molecule has 1 aromatic rings. The van der Waals surface area contributed by atoms with E-state index >= 15 is 0 Å².